The zero-order valence-corrected chi connectivity index (χ0v) is 16.8. The first-order chi connectivity index (χ1) is 14.9. The Hall–Kier alpha value is -4.34. The van der Waals surface area contributed by atoms with E-state index in [0.717, 1.165) is 11.1 Å². The van der Waals surface area contributed by atoms with Crippen LogP contribution in [0.1, 0.15) is 35.8 Å². The van der Waals surface area contributed by atoms with Gasteiger partial charge in [0.25, 0.3) is 11.6 Å². The average Bonchev–Trinajstić information content (AvgIpc) is 3.35. The lowest BCUT2D eigenvalue weighted by atomic mass is 10.0. The van der Waals surface area contributed by atoms with Gasteiger partial charge < -0.3 is 10.7 Å². The molecule has 5 aromatic rings. The number of fused-ring (bicyclic) bond motifs is 2. The topological polar surface area (TPSA) is 149 Å². The number of hydrogen-bond donors (Lipinski definition) is 3. The fraction of sp³-hybridized carbons (Fsp3) is 0.143. The van der Waals surface area contributed by atoms with Crippen LogP contribution < -0.4 is 16.4 Å². The predicted octanol–water partition coefficient (Wildman–Crippen LogP) is 1.69. The molecule has 5 N–H and O–H groups in total. The van der Waals surface area contributed by atoms with Crippen LogP contribution in [0.3, 0.4) is 0 Å². The maximum atomic E-state index is 12.9. The zero-order chi connectivity index (χ0) is 21.7. The number of hydrogen-bond acceptors (Lipinski definition) is 5. The van der Waals surface area contributed by atoms with Crippen molar-refractivity contribution in [2.45, 2.75) is 19.8 Å². The normalized spacial score (nSPS) is 11.6. The molecule has 4 aromatic heterocycles. The van der Waals surface area contributed by atoms with E-state index < -0.39 is 11.6 Å². The summed E-state index contributed by atoms with van der Waals surface area (Å²) in [6.45, 7) is 4.09. The molecular weight excluding hydrogens is 396 g/mol. The maximum Gasteiger partial charge on any atom is 0.332 e. The van der Waals surface area contributed by atoms with Gasteiger partial charge in [-0.2, -0.15) is 0 Å². The Morgan fingerprint density at radius 2 is 2.03 bits per heavy atom. The second-order valence-corrected chi connectivity index (χ2v) is 7.49. The Morgan fingerprint density at radius 3 is 2.81 bits per heavy atom. The predicted molar refractivity (Wildman–Crippen MR) is 114 cm³/mol. The van der Waals surface area contributed by atoms with E-state index in [-0.39, 0.29) is 28.6 Å². The Balaban J connectivity index is 1.84. The van der Waals surface area contributed by atoms with Crippen molar-refractivity contribution in [3.8, 4) is 17.1 Å². The molecule has 0 saturated carbocycles. The van der Waals surface area contributed by atoms with Crippen molar-refractivity contribution >= 4 is 28.2 Å². The van der Waals surface area contributed by atoms with Crippen LogP contribution in [0, 0.1) is 0 Å². The van der Waals surface area contributed by atoms with Crippen molar-refractivity contribution in [2.24, 2.45) is 5.73 Å². The molecular formula is C21H19N8O2+. The largest absolute Gasteiger partial charge is 0.364 e. The Bertz CT molecular complexity index is 1530. The molecule has 0 bridgehead atoms. The molecule has 0 spiro atoms. The summed E-state index contributed by atoms with van der Waals surface area (Å²) in [6, 6.07) is 9.38. The second-order valence-electron chi connectivity index (χ2n) is 7.49. The molecule has 0 atom stereocenters. The number of nitrogens with zero attached hydrogens (tertiary/aromatic N) is 4. The monoisotopic (exact) mass is 415 g/mol. The fourth-order valence-electron chi connectivity index (χ4n) is 3.69. The van der Waals surface area contributed by atoms with Crippen molar-refractivity contribution in [2.75, 3.05) is 0 Å². The number of aromatic nitrogens is 7. The Morgan fingerprint density at radius 1 is 1.23 bits per heavy atom. The third kappa shape index (κ3) is 2.96. The van der Waals surface area contributed by atoms with Gasteiger partial charge in [0, 0.05) is 0 Å². The summed E-state index contributed by atoms with van der Waals surface area (Å²) in [5.41, 5.74) is 9.22. The van der Waals surface area contributed by atoms with E-state index in [1.54, 1.807) is 12.5 Å². The van der Waals surface area contributed by atoms with Gasteiger partial charge in [0.1, 0.15) is 11.7 Å². The average molecular weight is 415 g/mol. The van der Waals surface area contributed by atoms with Gasteiger partial charge in [0.15, 0.2) is 29.0 Å². The molecule has 10 heteroatoms. The van der Waals surface area contributed by atoms with Crippen LogP contribution in [0.4, 0.5) is 0 Å². The third-order valence-corrected chi connectivity index (χ3v) is 5.15. The van der Waals surface area contributed by atoms with Crippen LogP contribution in [-0.2, 0) is 0 Å². The minimum atomic E-state index is -0.763. The molecule has 0 fully saturated rings. The first-order valence-corrected chi connectivity index (χ1v) is 9.71. The van der Waals surface area contributed by atoms with Gasteiger partial charge in [-0.1, -0.05) is 32.0 Å². The van der Waals surface area contributed by atoms with Gasteiger partial charge in [0.05, 0.1) is 11.3 Å². The van der Waals surface area contributed by atoms with Gasteiger partial charge >= 0.3 is 5.69 Å². The number of imidazole rings is 2. The summed E-state index contributed by atoms with van der Waals surface area (Å²) in [6.07, 6.45) is 3.25. The van der Waals surface area contributed by atoms with E-state index in [0.29, 0.717) is 16.9 Å². The van der Waals surface area contributed by atoms with Crippen LogP contribution in [-0.4, -0.2) is 35.4 Å². The Kier molecular flexibility index (Phi) is 4.14. The summed E-state index contributed by atoms with van der Waals surface area (Å²) in [7, 11) is 0. The first-order valence-electron chi connectivity index (χ1n) is 9.71. The number of carbonyl (C=O) groups is 1. The number of benzene rings is 1. The molecule has 0 aliphatic heterocycles. The van der Waals surface area contributed by atoms with Gasteiger partial charge in [-0.15, -0.1) is 4.98 Å². The lowest BCUT2D eigenvalue weighted by Crippen LogP contribution is -2.17. The molecule has 5 rings (SSSR count). The van der Waals surface area contributed by atoms with E-state index in [4.69, 9.17) is 5.73 Å². The number of H-pyrrole nitrogens is 3. The number of nitrogens with two attached hydrogens (primary N) is 1. The van der Waals surface area contributed by atoms with Crippen LogP contribution >= 0.6 is 0 Å². The molecule has 31 heavy (non-hydrogen) atoms. The van der Waals surface area contributed by atoms with Crippen molar-refractivity contribution in [3.63, 3.8) is 0 Å². The van der Waals surface area contributed by atoms with Crippen LogP contribution in [0.5, 0.6) is 0 Å². The van der Waals surface area contributed by atoms with E-state index in [1.165, 1.54) is 4.57 Å². The smallest absolute Gasteiger partial charge is 0.332 e. The number of amides is 1. The number of carbonyl (C=O) groups excluding carboxylic acids is 1. The summed E-state index contributed by atoms with van der Waals surface area (Å²) in [5.74, 6) is -0.359. The first kappa shape index (κ1) is 18.7. The highest BCUT2D eigenvalue weighted by molar-refractivity contribution is 6.02. The van der Waals surface area contributed by atoms with Crippen LogP contribution in [0.25, 0.3) is 39.4 Å². The van der Waals surface area contributed by atoms with Gasteiger partial charge in [0.2, 0.25) is 0 Å². The zero-order valence-electron chi connectivity index (χ0n) is 16.8. The minimum absolute atomic E-state index is 0.0592. The lowest BCUT2D eigenvalue weighted by Gasteiger charge is -2.13. The summed E-state index contributed by atoms with van der Waals surface area (Å²) < 4.78 is 1.46. The number of primary amides is 1. The molecule has 0 radical (unpaired) electrons. The molecule has 1 amide bonds. The maximum absolute atomic E-state index is 12.9. The van der Waals surface area contributed by atoms with Crippen molar-refractivity contribution < 1.29 is 9.78 Å². The van der Waals surface area contributed by atoms with Crippen LogP contribution in [0.2, 0.25) is 0 Å². The van der Waals surface area contributed by atoms with E-state index >= 15 is 0 Å². The van der Waals surface area contributed by atoms with Gasteiger partial charge in [-0.25, -0.2) is 24.3 Å². The SMILES string of the molecule is CC(C)c1ccccc1-n1c(=O)[nH]c2c(C(N)=O)nc(-c3cnc4[nH+]c[nH]c4c3)nc21. The van der Waals surface area contributed by atoms with E-state index in [2.05, 4.69) is 29.9 Å². The van der Waals surface area contributed by atoms with Crippen molar-refractivity contribution in [1.29, 1.82) is 0 Å². The highest BCUT2D eigenvalue weighted by Crippen LogP contribution is 2.26. The molecule has 1 aromatic carbocycles. The molecule has 4 heterocycles. The summed E-state index contributed by atoms with van der Waals surface area (Å²) in [5, 5.41) is 0. The fourth-order valence-corrected chi connectivity index (χ4v) is 3.69. The molecule has 10 nitrogen and oxygen atoms in total. The molecule has 0 aliphatic rings. The minimum Gasteiger partial charge on any atom is -0.364 e. The quantitative estimate of drug-likeness (QED) is 0.408. The highest BCUT2D eigenvalue weighted by Gasteiger charge is 2.22. The van der Waals surface area contributed by atoms with E-state index in [9.17, 15) is 9.59 Å². The van der Waals surface area contributed by atoms with Gasteiger partial charge in [-0.05, 0) is 23.6 Å². The molecule has 0 unspecified atom stereocenters. The highest BCUT2D eigenvalue weighted by atomic mass is 16.2. The lowest BCUT2D eigenvalue weighted by molar-refractivity contribution is -0.347. The number of pyridine rings is 1. The summed E-state index contributed by atoms with van der Waals surface area (Å²) >= 11 is 0. The molecule has 0 saturated heterocycles. The Labute approximate surface area is 175 Å². The van der Waals surface area contributed by atoms with Crippen molar-refractivity contribution in [3.05, 3.63) is 64.6 Å². The van der Waals surface area contributed by atoms with Gasteiger partial charge in [-0.3, -0.25) is 9.78 Å². The number of aromatic amines is 3. The third-order valence-electron chi connectivity index (χ3n) is 5.15. The van der Waals surface area contributed by atoms with E-state index in [1.807, 2.05) is 44.2 Å². The molecule has 0 aliphatic carbocycles. The summed E-state index contributed by atoms with van der Waals surface area (Å²) in [4.78, 5) is 47.1. The molecule has 154 valence electrons. The number of rotatable bonds is 4. The second kappa shape index (κ2) is 6.87. The number of nitrogens with one attached hydrogen (secondary N) is 3. The van der Waals surface area contributed by atoms with Crippen LogP contribution in [0.15, 0.2) is 47.7 Å². The van der Waals surface area contributed by atoms with Crippen molar-refractivity contribution in [1.82, 2.24) is 29.5 Å². The standard InChI is InChI=1S/C21H18N8O2/c1-10(2)12-5-3-4-6-14(12)29-20-16(27-21(29)31)15(17(22)30)26-18(28-20)11-7-13-19(23-8-11)25-9-24-13/h3-10H,1-2H3,(H2,22,30)(H,27,31)(H,23,24,25)/p+1. The number of para-hydroxylation sites is 1.